The lowest BCUT2D eigenvalue weighted by molar-refractivity contribution is -0.122. The lowest BCUT2D eigenvalue weighted by Gasteiger charge is -2.37. The molecule has 0 bridgehead atoms. The van der Waals surface area contributed by atoms with Gasteiger partial charge in [-0.25, -0.2) is 0 Å². The van der Waals surface area contributed by atoms with Crippen molar-refractivity contribution in [3.8, 4) is 0 Å². The van der Waals surface area contributed by atoms with Crippen LogP contribution in [0.4, 0.5) is 5.69 Å². The molecule has 110 valence electrons. The summed E-state index contributed by atoms with van der Waals surface area (Å²) < 4.78 is 5.64. The minimum Gasteiger partial charge on any atom is -0.373 e. The summed E-state index contributed by atoms with van der Waals surface area (Å²) >= 11 is 0. The van der Waals surface area contributed by atoms with Crippen molar-refractivity contribution in [1.82, 2.24) is 4.90 Å². The fraction of sp³-hybridized carbons (Fsp3) is 0.533. The summed E-state index contributed by atoms with van der Waals surface area (Å²) in [6, 6.07) is 7.62. The van der Waals surface area contributed by atoms with Crippen LogP contribution in [-0.4, -0.2) is 42.6 Å². The van der Waals surface area contributed by atoms with E-state index in [0.29, 0.717) is 19.7 Å². The number of hydrogen-bond donors (Lipinski definition) is 2. The SMILES string of the molecule is CC1(C)CN(CC(=O)Nc2cccc(CN)c2)CCO1. The predicted octanol–water partition coefficient (Wildman–Crippen LogP) is 1.19. The zero-order chi connectivity index (χ0) is 14.6. The quantitative estimate of drug-likeness (QED) is 0.867. The van der Waals surface area contributed by atoms with Gasteiger partial charge in [0.25, 0.3) is 0 Å². The molecule has 1 aliphatic rings. The summed E-state index contributed by atoms with van der Waals surface area (Å²) in [6.07, 6.45) is 0. The third-order valence-electron chi connectivity index (χ3n) is 3.32. The summed E-state index contributed by atoms with van der Waals surface area (Å²) in [7, 11) is 0. The van der Waals surface area contributed by atoms with Crippen LogP contribution in [0.25, 0.3) is 0 Å². The molecular formula is C15H23N3O2. The first kappa shape index (κ1) is 15.0. The molecule has 2 rings (SSSR count). The Labute approximate surface area is 120 Å². The minimum atomic E-state index is -0.183. The highest BCUT2D eigenvalue weighted by Crippen LogP contribution is 2.16. The van der Waals surface area contributed by atoms with Crippen molar-refractivity contribution < 1.29 is 9.53 Å². The number of amides is 1. The van der Waals surface area contributed by atoms with E-state index in [1.165, 1.54) is 0 Å². The van der Waals surface area contributed by atoms with Gasteiger partial charge in [0.05, 0.1) is 18.8 Å². The third kappa shape index (κ3) is 4.30. The van der Waals surface area contributed by atoms with Gasteiger partial charge >= 0.3 is 0 Å². The zero-order valence-electron chi connectivity index (χ0n) is 12.2. The van der Waals surface area contributed by atoms with Crippen molar-refractivity contribution in [2.45, 2.75) is 26.0 Å². The molecule has 0 spiro atoms. The number of ether oxygens (including phenoxy) is 1. The first-order chi connectivity index (χ1) is 9.48. The Morgan fingerprint density at radius 2 is 2.30 bits per heavy atom. The van der Waals surface area contributed by atoms with E-state index in [2.05, 4.69) is 10.2 Å². The number of carbonyl (C=O) groups excluding carboxylic acids is 1. The molecule has 5 nitrogen and oxygen atoms in total. The van der Waals surface area contributed by atoms with Crippen molar-refractivity contribution in [1.29, 1.82) is 0 Å². The van der Waals surface area contributed by atoms with Gasteiger partial charge in [-0.2, -0.15) is 0 Å². The standard InChI is InChI=1S/C15H23N3O2/c1-15(2)11-18(6-7-20-15)10-14(19)17-13-5-3-4-12(8-13)9-16/h3-5,8H,6-7,9-11,16H2,1-2H3,(H,17,19). The van der Waals surface area contributed by atoms with Crippen molar-refractivity contribution in [2.24, 2.45) is 5.73 Å². The summed E-state index contributed by atoms with van der Waals surface area (Å²) in [5, 5.41) is 2.91. The summed E-state index contributed by atoms with van der Waals surface area (Å²) in [4.78, 5) is 14.2. The fourth-order valence-corrected chi connectivity index (χ4v) is 2.43. The molecular weight excluding hydrogens is 254 g/mol. The monoisotopic (exact) mass is 277 g/mol. The number of benzene rings is 1. The van der Waals surface area contributed by atoms with Gasteiger partial charge in [0.15, 0.2) is 0 Å². The average Bonchev–Trinajstić information content (AvgIpc) is 2.37. The van der Waals surface area contributed by atoms with Gasteiger partial charge in [0.1, 0.15) is 0 Å². The molecule has 1 aliphatic heterocycles. The normalized spacial score (nSPS) is 18.8. The molecule has 1 saturated heterocycles. The van der Waals surface area contributed by atoms with Crippen LogP contribution >= 0.6 is 0 Å². The molecule has 1 aromatic carbocycles. The first-order valence-electron chi connectivity index (χ1n) is 6.94. The molecule has 1 fully saturated rings. The lowest BCUT2D eigenvalue weighted by atomic mass is 10.1. The van der Waals surface area contributed by atoms with Crippen LogP contribution < -0.4 is 11.1 Å². The van der Waals surface area contributed by atoms with E-state index in [9.17, 15) is 4.79 Å². The van der Waals surface area contributed by atoms with E-state index in [1.54, 1.807) is 0 Å². The van der Waals surface area contributed by atoms with Crippen molar-refractivity contribution in [3.63, 3.8) is 0 Å². The van der Waals surface area contributed by atoms with Crippen LogP contribution in [0.3, 0.4) is 0 Å². The molecule has 0 atom stereocenters. The van der Waals surface area contributed by atoms with Gasteiger partial charge in [-0.05, 0) is 31.5 Å². The molecule has 5 heteroatoms. The van der Waals surface area contributed by atoms with E-state index in [4.69, 9.17) is 10.5 Å². The number of rotatable bonds is 4. The van der Waals surface area contributed by atoms with Crippen LogP contribution in [-0.2, 0) is 16.1 Å². The molecule has 1 amide bonds. The van der Waals surface area contributed by atoms with Gasteiger partial charge in [-0.3, -0.25) is 9.69 Å². The molecule has 20 heavy (non-hydrogen) atoms. The van der Waals surface area contributed by atoms with Gasteiger partial charge in [0, 0.05) is 25.3 Å². The number of hydrogen-bond acceptors (Lipinski definition) is 4. The molecule has 0 saturated carbocycles. The Hall–Kier alpha value is -1.43. The van der Waals surface area contributed by atoms with Gasteiger partial charge in [-0.15, -0.1) is 0 Å². The van der Waals surface area contributed by atoms with Crippen LogP contribution in [0.5, 0.6) is 0 Å². The Morgan fingerprint density at radius 1 is 1.50 bits per heavy atom. The van der Waals surface area contributed by atoms with E-state index in [0.717, 1.165) is 24.3 Å². The Balaban J connectivity index is 1.88. The Kier molecular flexibility index (Phi) is 4.75. The van der Waals surface area contributed by atoms with Gasteiger partial charge in [0.2, 0.25) is 5.91 Å². The molecule has 3 N–H and O–H groups in total. The number of morpholine rings is 1. The van der Waals surface area contributed by atoms with E-state index >= 15 is 0 Å². The predicted molar refractivity (Wildman–Crippen MR) is 79.4 cm³/mol. The first-order valence-corrected chi connectivity index (χ1v) is 6.94. The molecule has 1 heterocycles. The number of carbonyl (C=O) groups is 1. The fourth-order valence-electron chi connectivity index (χ4n) is 2.43. The Bertz CT molecular complexity index is 474. The number of nitrogens with two attached hydrogens (primary N) is 1. The molecule has 0 aromatic heterocycles. The van der Waals surface area contributed by atoms with Crippen LogP contribution in [0, 0.1) is 0 Å². The van der Waals surface area contributed by atoms with E-state index in [-0.39, 0.29) is 11.5 Å². The minimum absolute atomic E-state index is 0.00290. The maximum absolute atomic E-state index is 12.1. The van der Waals surface area contributed by atoms with Crippen LogP contribution in [0.15, 0.2) is 24.3 Å². The molecule has 0 radical (unpaired) electrons. The Morgan fingerprint density at radius 3 is 3.00 bits per heavy atom. The summed E-state index contributed by atoms with van der Waals surface area (Å²) in [6.45, 7) is 7.18. The molecule has 0 aliphatic carbocycles. The highest BCUT2D eigenvalue weighted by atomic mass is 16.5. The number of nitrogens with zero attached hydrogens (tertiary/aromatic N) is 1. The lowest BCUT2D eigenvalue weighted by Crippen LogP contribution is -2.50. The number of nitrogens with one attached hydrogen (secondary N) is 1. The molecule has 0 unspecified atom stereocenters. The maximum Gasteiger partial charge on any atom is 0.238 e. The van der Waals surface area contributed by atoms with E-state index in [1.807, 2.05) is 38.1 Å². The topological polar surface area (TPSA) is 67.6 Å². The zero-order valence-corrected chi connectivity index (χ0v) is 12.2. The van der Waals surface area contributed by atoms with Crippen LogP contribution in [0.1, 0.15) is 19.4 Å². The summed E-state index contributed by atoms with van der Waals surface area (Å²) in [5.41, 5.74) is 7.22. The van der Waals surface area contributed by atoms with E-state index < -0.39 is 0 Å². The van der Waals surface area contributed by atoms with Crippen LogP contribution in [0.2, 0.25) is 0 Å². The smallest absolute Gasteiger partial charge is 0.238 e. The third-order valence-corrected chi connectivity index (χ3v) is 3.32. The van der Waals surface area contributed by atoms with Crippen molar-refractivity contribution in [2.75, 3.05) is 31.6 Å². The maximum atomic E-state index is 12.1. The van der Waals surface area contributed by atoms with Gasteiger partial charge < -0.3 is 15.8 Å². The number of anilines is 1. The second-order valence-corrected chi connectivity index (χ2v) is 5.77. The highest BCUT2D eigenvalue weighted by Gasteiger charge is 2.28. The highest BCUT2D eigenvalue weighted by molar-refractivity contribution is 5.92. The van der Waals surface area contributed by atoms with Crippen molar-refractivity contribution in [3.05, 3.63) is 29.8 Å². The average molecular weight is 277 g/mol. The van der Waals surface area contributed by atoms with Gasteiger partial charge in [-0.1, -0.05) is 12.1 Å². The largest absolute Gasteiger partial charge is 0.373 e. The second kappa shape index (κ2) is 6.35. The molecule has 1 aromatic rings. The van der Waals surface area contributed by atoms with Crippen molar-refractivity contribution >= 4 is 11.6 Å². The second-order valence-electron chi connectivity index (χ2n) is 5.77. The summed E-state index contributed by atoms with van der Waals surface area (Å²) in [5.74, 6) is -0.00290.